The molecule has 23 heavy (non-hydrogen) atoms. The second kappa shape index (κ2) is 6.39. The highest BCUT2D eigenvalue weighted by molar-refractivity contribution is 5.92. The van der Waals surface area contributed by atoms with Crippen molar-refractivity contribution in [1.82, 2.24) is 4.57 Å². The van der Waals surface area contributed by atoms with Crippen LogP contribution < -0.4 is 11.1 Å². The third kappa shape index (κ3) is 3.26. The largest absolute Gasteiger partial charge is 0.506 e. The summed E-state index contributed by atoms with van der Waals surface area (Å²) in [5.74, 6) is -0.613. The van der Waals surface area contributed by atoms with Gasteiger partial charge in [-0.25, -0.2) is 4.79 Å². The lowest BCUT2D eigenvalue weighted by Gasteiger charge is -2.07. The highest BCUT2D eigenvalue weighted by Gasteiger charge is 2.10. The van der Waals surface area contributed by atoms with E-state index in [1.807, 2.05) is 12.1 Å². The molecule has 0 aliphatic carbocycles. The number of nitrogens with one attached hydrogen (secondary N) is 1. The first-order valence-corrected chi connectivity index (χ1v) is 7.31. The fourth-order valence-corrected chi connectivity index (χ4v) is 2.42. The Morgan fingerprint density at radius 1 is 1.13 bits per heavy atom. The van der Waals surface area contributed by atoms with Gasteiger partial charge in [-0.1, -0.05) is 24.3 Å². The van der Waals surface area contributed by atoms with Crippen molar-refractivity contribution in [2.24, 2.45) is 0 Å². The standard InChI is InChI=1S/C17H16N2O4/c20-14-8-3-1-6-12(14)18-16(21)10-5-11-19-13-7-2-4-9-15(13)23-17(19)22/h1-4,6-9,20H,5,10-11H2,(H,18,21). The summed E-state index contributed by atoms with van der Waals surface area (Å²) in [4.78, 5) is 23.7. The van der Waals surface area contributed by atoms with Crippen LogP contribution in [0.5, 0.6) is 5.75 Å². The number of aromatic hydroxyl groups is 1. The van der Waals surface area contributed by atoms with Crippen molar-refractivity contribution >= 4 is 22.7 Å². The Balaban J connectivity index is 1.61. The molecule has 0 aliphatic rings. The molecule has 118 valence electrons. The Morgan fingerprint density at radius 3 is 2.70 bits per heavy atom. The van der Waals surface area contributed by atoms with Gasteiger partial charge < -0.3 is 14.8 Å². The molecule has 6 nitrogen and oxygen atoms in total. The number of oxazole rings is 1. The highest BCUT2D eigenvalue weighted by Crippen LogP contribution is 2.21. The highest BCUT2D eigenvalue weighted by atomic mass is 16.4. The molecule has 0 atom stereocenters. The summed E-state index contributed by atoms with van der Waals surface area (Å²) >= 11 is 0. The number of hydrogen-bond acceptors (Lipinski definition) is 4. The van der Waals surface area contributed by atoms with Gasteiger partial charge in [0.1, 0.15) is 5.75 Å². The Bertz CT molecular complexity index is 895. The molecule has 0 radical (unpaired) electrons. The van der Waals surface area contributed by atoms with Crippen LogP contribution in [0.2, 0.25) is 0 Å². The first-order valence-electron chi connectivity index (χ1n) is 7.31. The Morgan fingerprint density at radius 2 is 1.87 bits per heavy atom. The number of aryl methyl sites for hydroxylation is 1. The van der Waals surface area contributed by atoms with Crippen molar-refractivity contribution in [2.75, 3.05) is 5.32 Å². The van der Waals surface area contributed by atoms with E-state index in [0.29, 0.717) is 24.2 Å². The van der Waals surface area contributed by atoms with Crippen molar-refractivity contribution in [2.45, 2.75) is 19.4 Å². The van der Waals surface area contributed by atoms with Crippen LogP contribution in [0.1, 0.15) is 12.8 Å². The smallest absolute Gasteiger partial charge is 0.419 e. The molecule has 0 fully saturated rings. The number of carbonyl (C=O) groups is 1. The quantitative estimate of drug-likeness (QED) is 0.709. The summed E-state index contributed by atoms with van der Waals surface area (Å²) in [5, 5.41) is 12.3. The number of rotatable bonds is 5. The number of benzene rings is 2. The number of aromatic nitrogens is 1. The van der Waals surface area contributed by atoms with E-state index in [-0.39, 0.29) is 18.1 Å². The lowest BCUT2D eigenvalue weighted by molar-refractivity contribution is -0.116. The average Bonchev–Trinajstić information content (AvgIpc) is 2.86. The van der Waals surface area contributed by atoms with Gasteiger partial charge in [0.2, 0.25) is 5.91 Å². The Kier molecular flexibility index (Phi) is 4.14. The van der Waals surface area contributed by atoms with E-state index in [1.165, 1.54) is 10.6 Å². The van der Waals surface area contributed by atoms with Crippen molar-refractivity contribution in [1.29, 1.82) is 0 Å². The van der Waals surface area contributed by atoms with Crippen LogP contribution in [0, 0.1) is 0 Å². The molecule has 3 aromatic rings. The van der Waals surface area contributed by atoms with E-state index >= 15 is 0 Å². The molecule has 1 amide bonds. The van der Waals surface area contributed by atoms with Gasteiger partial charge >= 0.3 is 5.76 Å². The summed E-state index contributed by atoms with van der Waals surface area (Å²) in [5.41, 5.74) is 1.64. The van der Waals surface area contributed by atoms with Crippen LogP contribution in [-0.2, 0) is 11.3 Å². The molecule has 3 rings (SSSR count). The van der Waals surface area contributed by atoms with Gasteiger partial charge in [-0.15, -0.1) is 0 Å². The third-order valence-corrected chi connectivity index (χ3v) is 3.54. The summed E-state index contributed by atoms with van der Waals surface area (Å²) in [7, 11) is 0. The minimum atomic E-state index is -0.424. The fraction of sp³-hybridized carbons (Fsp3) is 0.176. The van der Waals surface area contributed by atoms with Crippen molar-refractivity contribution in [3.05, 3.63) is 59.1 Å². The maximum Gasteiger partial charge on any atom is 0.419 e. The van der Waals surface area contributed by atoms with Gasteiger partial charge in [0.25, 0.3) is 0 Å². The SMILES string of the molecule is O=C(CCCn1c(=O)oc2ccccc21)Nc1ccccc1O. The predicted molar refractivity (Wildman–Crippen MR) is 86.4 cm³/mol. The van der Waals surface area contributed by atoms with Crippen LogP contribution in [0.4, 0.5) is 5.69 Å². The fourth-order valence-electron chi connectivity index (χ4n) is 2.42. The first kappa shape index (κ1) is 14.9. The van der Waals surface area contributed by atoms with Gasteiger partial charge in [0.15, 0.2) is 5.58 Å². The minimum absolute atomic E-state index is 0.0258. The molecule has 0 unspecified atom stereocenters. The minimum Gasteiger partial charge on any atom is -0.506 e. The maximum atomic E-state index is 11.9. The van der Waals surface area contributed by atoms with Gasteiger partial charge in [0.05, 0.1) is 11.2 Å². The number of phenols is 1. The number of nitrogens with zero attached hydrogens (tertiary/aromatic N) is 1. The summed E-state index contributed by atoms with van der Waals surface area (Å²) in [6, 6.07) is 13.7. The number of para-hydroxylation sites is 4. The molecule has 1 heterocycles. The van der Waals surface area contributed by atoms with Gasteiger partial charge in [-0.05, 0) is 30.7 Å². The molecule has 0 saturated carbocycles. The zero-order valence-corrected chi connectivity index (χ0v) is 12.4. The number of hydrogen-bond donors (Lipinski definition) is 2. The van der Waals surface area contributed by atoms with Crippen molar-refractivity contribution < 1.29 is 14.3 Å². The van der Waals surface area contributed by atoms with Gasteiger partial charge in [-0.2, -0.15) is 0 Å². The summed E-state index contributed by atoms with van der Waals surface area (Å²) in [6.07, 6.45) is 0.725. The molecular weight excluding hydrogens is 296 g/mol. The lowest BCUT2D eigenvalue weighted by atomic mass is 10.2. The van der Waals surface area contributed by atoms with Gasteiger partial charge in [-0.3, -0.25) is 9.36 Å². The van der Waals surface area contributed by atoms with E-state index in [9.17, 15) is 14.7 Å². The van der Waals surface area contributed by atoms with Crippen molar-refractivity contribution in [3.8, 4) is 5.75 Å². The first-order chi connectivity index (χ1) is 11.1. The van der Waals surface area contributed by atoms with E-state index in [2.05, 4.69) is 5.32 Å². The van der Waals surface area contributed by atoms with Crippen LogP contribution in [0.25, 0.3) is 11.1 Å². The second-order valence-corrected chi connectivity index (χ2v) is 5.16. The number of amides is 1. The normalized spacial score (nSPS) is 10.8. The van der Waals surface area contributed by atoms with Crippen molar-refractivity contribution in [3.63, 3.8) is 0 Å². The van der Waals surface area contributed by atoms with E-state index < -0.39 is 5.76 Å². The molecule has 2 N–H and O–H groups in total. The van der Waals surface area contributed by atoms with E-state index in [4.69, 9.17) is 4.42 Å². The lowest BCUT2D eigenvalue weighted by Crippen LogP contribution is -2.17. The molecule has 1 aromatic heterocycles. The topological polar surface area (TPSA) is 84.5 Å². The molecule has 0 saturated heterocycles. The number of anilines is 1. The molecular formula is C17H16N2O4. The Labute approximate surface area is 132 Å². The zero-order chi connectivity index (χ0) is 16.2. The van der Waals surface area contributed by atoms with E-state index in [1.54, 1.807) is 30.3 Å². The number of phenolic OH excluding ortho intramolecular Hbond substituents is 1. The molecule has 0 bridgehead atoms. The predicted octanol–water partition coefficient (Wildman–Crippen LogP) is 2.72. The molecule has 2 aromatic carbocycles. The molecule has 0 spiro atoms. The van der Waals surface area contributed by atoms with Crippen LogP contribution in [0.3, 0.4) is 0 Å². The maximum absolute atomic E-state index is 11.9. The third-order valence-electron chi connectivity index (χ3n) is 3.54. The summed E-state index contributed by atoms with van der Waals surface area (Å²) < 4.78 is 6.66. The average molecular weight is 312 g/mol. The monoisotopic (exact) mass is 312 g/mol. The zero-order valence-electron chi connectivity index (χ0n) is 12.4. The van der Waals surface area contributed by atoms with Crippen LogP contribution in [0.15, 0.2) is 57.7 Å². The number of carbonyl (C=O) groups excluding carboxylic acids is 1. The second-order valence-electron chi connectivity index (χ2n) is 5.16. The molecule has 6 heteroatoms. The van der Waals surface area contributed by atoms with E-state index in [0.717, 1.165) is 5.52 Å². The number of fused-ring (bicyclic) bond motifs is 1. The van der Waals surface area contributed by atoms with Gasteiger partial charge in [0, 0.05) is 13.0 Å². The molecule has 0 aliphatic heterocycles. The summed E-state index contributed by atoms with van der Waals surface area (Å²) in [6.45, 7) is 0.393. The van der Waals surface area contributed by atoms with Crippen LogP contribution >= 0.6 is 0 Å². The Hall–Kier alpha value is -3.02. The van der Waals surface area contributed by atoms with Crippen LogP contribution in [-0.4, -0.2) is 15.6 Å².